The van der Waals surface area contributed by atoms with Crippen molar-refractivity contribution in [3.63, 3.8) is 0 Å². The Hall–Kier alpha value is -1.41. The van der Waals surface area contributed by atoms with Crippen LogP contribution in [0.4, 0.5) is 0 Å². The number of thiophene rings is 2. The number of sulfonamides is 1. The molecule has 24 heavy (non-hydrogen) atoms. The molecule has 0 N–H and O–H groups in total. The Morgan fingerprint density at radius 2 is 2.04 bits per heavy atom. The van der Waals surface area contributed by atoms with Crippen molar-refractivity contribution in [3.8, 4) is 0 Å². The maximum absolute atomic E-state index is 13.1. The van der Waals surface area contributed by atoms with Gasteiger partial charge in [-0.15, -0.1) is 22.7 Å². The van der Waals surface area contributed by atoms with Crippen LogP contribution in [0.5, 0.6) is 0 Å². The van der Waals surface area contributed by atoms with Gasteiger partial charge in [-0.05, 0) is 42.5 Å². The molecule has 0 aliphatic rings. The van der Waals surface area contributed by atoms with E-state index in [9.17, 15) is 8.42 Å². The molecule has 0 aliphatic carbocycles. The number of hydrogen-bond donors (Lipinski definition) is 0. The lowest BCUT2D eigenvalue weighted by Crippen LogP contribution is -2.31. The van der Waals surface area contributed by atoms with Crippen LogP contribution >= 0.6 is 22.7 Å². The summed E-state index contributed by atoms with van der Waals surface area (Å²) < 4.78 is 33.2. The molecule has 7 heteroatoms. The molecule has 0 saturated heterocycles. The second kappa shape index (κ2) is 7.65. The Morgan fingerprint density at radius 3 is 2.67 bits per heavy atom. The van der Waals surface area contributed by atoms with Crippen LogP contribution in [0.1, 0.15) is 22.2 Å². The Kier molecular flexibility index (Phi) is 5.55. The Balaban J connectivity index is 1.84. The van der Waals surface area contributed by atoms with Gasteiger partial charge in [-0.25, -0.2) is 8.42 Å². The maximum Gasteiger partial charge on any atom is 0.252 e. The molecule has 128 valence electrons. The fraction of sp³-hybridized carbons (Fsp3) is 0.294. The topological polar surface area (TPSA) is 50.5 Å². The van der Waals surface area contributed by atoms with Gasteiger partial charge < -0.3 is 4.42 Å². The Labute approximate surface area is 150 Å². The van der Waals surface area contributed by atoms with Gasteiger partial charge in [-0.2, -0.15) is 4.31 Å². The summed E-state index contributed by atoms with van der Waals surface area (Å²) in [6.45, 7) is 2.80. The first kappa shape index (κ1) is 17.4. The van der Waals surface area contributed by atoms with Gasteiger partial charge in [0.25, 0.3) is 10.0 Å². The van der Waals surface area contributed by atoms with E-state index in [1.165, 1.54) is 16.2 Å². The van der Waals surface area contributed by atoms with Crippen LogP contribution < -0.4 is 0 Å². The van der Waals surface area contributed by atoms with Crippen LogP contribution in [-0.4, -0.2) is 19.3 Å². The lowest BCUT2D eigenvalue weighted by molar-refractivity contribution is 0.409. The Morgan fingerprint density at radius 1 is 1.17 bits per heavy atom. The molecule has 0 fully saturated rings. The van der Waals surface area contributed by atoms with Gasteiger partial charge in [0, 0.05) is 28.4 Å². The van der Waals surface area contributed by atoms with Crippen LogP contribution in [0.15, 0.2) is 56.9 Å². The number of nitrogens with zero attached hydrogens (tertiary/aromatic N) is 1. The predicted octanol–water partition coefficient (Wildman–Crippen LogP) is 4.40. The number of hydrogen-bond acceptors (Lipinski definition) is 5. The molecule has 0 aromatic carbocycles. The van der Waals surface area contributed by atoms with E-state index in [2.05, 4.69) is 0 Å². The molecule has 0 atom stereocenters. The third-order valence-electron chi connectivity index (χ3n) is 3.71. The van der Waals surface area contributed by atoms with Crippen LogP contribution in [-0.2, 0) is 29.4 Å². The van der Waals surface area contributed by atoms with Crippen molar-refractivity contribution in [1.29, 1.82) is 0 Å². The molecule has 0 unspecified atom stereocenters. The summed E-state index contributed by atoms with van der Waals surface area (Å²) in [6.07, 6.45) is 4.72. The zero-order chi connectivity index (χ0) is 17.0. The fourth-order valence-electron chi connectivity index (χ4n) is 2.37. The predicted molar refractivity (Wildman–Crippen MR) is 98.0 cm³/mol. The van der Waals surface area contributed by atoms with Gasteiger partial charge in [-0.1, -0.05) is 13.0 Å². The van der Waals surface area contributed by atoms with E-state index >= 15 is 0 Å². The largest absolute Gasteiger partial charge is 0.472 e. The van der Waals surface area contributed by atoms with Crippen molar-refractivity contribution in [2.75, 3.05) is 6.54 Å². The van der Waals surface area contributed by atoms with Crippen LogP contribution in [0.25, 0.3) is 0 Å². The summed E-state index contributed by atoms with van der Waals surface area (Å²) in [4.78, 5) is 2.26. The summed E-state index contributed by atoms with van der Waals surface area (Å²) in [7, 11) is -3.50. The van der Waals surface area contributed by atoms with Gasteiger partial charge >= 0.3 is 0 Å². The summed E-state index contributed by atoms with van der Waals surface area (Å²) in [5.74, 6) is 0. The maximum atomic E-state index is 13.1. The standard InChI is InChI=1S/C17H19NO3S3/c1-2-15-5-6-17(23-15)24(19,20)18(12-14-8-10-21-13-14)9-7-16-4-3-11-22-16/h3-6,8,10-11,13H,2,7,9,12H2,1H3. The minimum absolute atomic E-state index is 0.323. The molecule has 0 aliphatic heterocycles. The molecule has 0 amide bonds. The second-order valence-electron chi connectivity index (χ2n) is 5.37. The van der Waals surface area contributed by atoms with Gasteiger partial charge in [0.1, 0.15) is 4.21 Å². The summed E-state index contributed by atoms with van der Waals surface area (Å²) in [5, 5.41) is 2.01. The molecule has 3 heterocycles. The first-order valence-electron chi connectivity index (χ1n) is 7.72. The minimum atomic E-state index is -3.50. The molecular formula is C17H19NO3S3. The van der Waals surface area contributed by atoms with Crippen molar-refractivity contribution in [2.24, 2.45) is 0 Å². The van der Waals surface area contributed by atoms with Crippen molar-refractivity contribution < 1.29 is 12.8 Å². The Bertz CT molecular complexity index is 849. The van der Waals surface area contributed by atoms with E-state index in [4.69, 9.17) is 4.42 Å². The highest BCUT2D eigenvalue weighted by Crippen LogP contribution is 2.27. The molecule has 0 spiro atoms. The number of furan rings is 1. The smallest absolute Gasteiger partial charge is 0.252 e. The molecule has 0 radical (unpaired) electrons. The highest BCUT2D eigenvalue weighted by Gasteiger charge is 2.26. The highest BCUT2D eigenvalue weighted by atomic mass is 32.2. The zero-order valence-electron chi connectivity index (χ0n) is 13.3. The monoisotopic (exact) mass is 381 g/mol. The molecule has 3 aromatic heterocycles. The molecule has 0 bridgehead atoms. The van der Waals surface area contributed by atoms with E-state index in [1.807, 2.05) is 30.5 Å². The number of rotatable bonds is 8. The average Bonchev–Trinajstić information content (AvgIpc) is 3.33. The molecular weight excluding hydrogens is 362 g/mol. The fourth-order valence-corrected chi connectivity index (χ4v) is 5.95. The van der Waals surface area contributed by atoms with E-state index in [0.29, 0.717) is 23.7 Å². The van der Waals surface area contributed by atoms with Gasteiger partial charge in [-0.3, -0.25) is 0 Å². The van der Waals surface area contributed by atoms with Gasteiger partial charge in [0.2, 0.25) is 0 Å². The second-order valence-corrected chi connectivity index (χ2v) is 9.74. The van der Waals surface area contributed by atoms with E-state index < -0.39 is 10.0 Å². The van der Waals surface area contributed by atoms with E-state index in [1.54, 1.807) is 40.3 Å². The van der Waals surface area contributed by atoms with Crippen molar-refractivity contribution in [1.82, 2.24) is 4.31 Å². The van der Waals surface area contributed by atoms with E-state index in [0.717, 1.165) is 16.9 Å². The van der Waals surface area contributed by atoms with Gasteiger partial charge in [0.15, 0.2) is 0 Å². The van der Waals surface area contributed by atoms with Gasteiger partial charge in [0.05, 0.1) is 12.5 Å². The third kappa shape index (κ3) is 3.97. The first-order chi connectivity index (χ1) is 11.6. The van der Waals surface area contributed by atoms with E-state index in [-0.39, 0.29) is 0 Å². The van der Waals surface area contributed by atoms with Crippen LogP contribution in [0.2, 0.25) is 0 Å². The zero-order valence-corrected chi connectivity index (χ0v) is 15.8. The highest BCUT2D eigenvalue weighted by molar-refractivity contribution is 7.91. The summed E-state index contributed by atoms with van der Waals surface area (Å²) >= 11 is 3.00. The molecule has 4 nitrogen and oxygen atoms in total. The lowest BCUT2D eigenvalue weighted by Gasteiger charge is -2.20. The molecule has 3 aromatic rings. The van der Waals surface area contributed by atoms with Crippen molar-refractivity contribution in [3.05, 3.63) is 63.6 Å². The third-order valence-corrected chi connectivity index (χ3v) is 8.18. The average molecular weight is 382 g/mol. The van der Waals surface area contributed by atoms with Crippen LogP contribution in [0.3, 0.4) is 0 Å². The lowest BCUT2D eigenvalue weighted by atomic mass is 10.3. The molecule has 0 saturated carbocycles. The minimum Gasteiger partial charge on any atom is -0.472 e. The quantitative estimate of drug-likeness (QED) is 0.581. The van der Waals surface area contributed by atoms with Crippen molar-refractivity contribution in [2.45, 2.75) is 30.5 Å². The summed E-state index contributed by atoms with van der Waals surface area (Å²) in [6, 6.07) is 9.44. The number of aryl methyl sites for hydroxylation is 1. The molecule has 3 rings (SSSR count). The van der Waals surface area contributed by atoms with Crippen molar-refractivity contribution >= 4 is 32.7 Å². The normalized spacial score (nSPS) is 12.1. The van der Waals surface area contributed by atoms with Crippen LogP contribution in [0, 0.1) is 0 Å². The summed E-state index contributed by atoms with van der Waals surface area (Å²) in [5.41, 5.74) is 0.858. The SMILES string of the molecule is CCc1ccc(S(=O)(=O)N(CCc2cccs2)Cc2ccoc2)s1. The first-order valence-corrected chi connectivity index (χ1v) is 10.9.